The smallest absolute Gasteiger partial charge is 0.307 e. The van der Waals surface area contributed by atoms with Crippen LogP contribution in [0, 0.1) is 5.92 Å². The predicted molar refractivity (Wildman–Crippen MR) is 51.0 cm³/mol. The molecule has 0 radical (unpaired) electrons. The molecule has 0 aromatic rings. The van der Waals surface area contributed by atoms with E-state index in [4.69, 9.17) is 9.84 Å². The van der Waals surface area contributed by atoms with E-state index in [0.29, 0.717) is 10.5 Å². The highest BCUT2D eigenvalue weighted by molar-refractivity contribution is 8.00. The molecule has 2 aliphatic rings. The standard InChI is InChI=1S/C9H14O3S/c10-9(11)7-2-1-3-8(7)13-6-4-12-5-6/h6-8H,1-5H2,(H,10,11). The molecule has 1 heterocycles. The highest BCUT2D eigenvalue weighted by atomic mass is 32.2. The molecule has 1 aliphatic heterocycles. The second-order valence-corrected chi connectivity index (χ2v) is 5.25. The average molecular weight is 202 g/mol. The van der Waals surface area contributed by atoms with Gasteiger partial charge in [0, 0.05) is 5.25 Å². The summed E-state index contributed by atoms with van der Waals surface area (Å²) in [6, 6.07) is 0. The van der Waals surface area contributed by atoms with E-state index in [2.05, 4.69) is 0 Å². The van der Waals surface area contributed by atoms with Crippen molar-refractivity contribution in [3.05, 3.63) is 0 Å². The molecule has 1 saturated carbocycles. The lowest BCUT2D eigenvalue weighted by Gasteiger charge is -2.29. The summed E-state index contributed by atoms with van der Waals surface area (Å²) in [5.41, 5.74) is 0. The van der Waals surface area contributed by atoms with E-state index >= 15 is 0 Å². The summed E-state index contributed by atoms with van der Waals surface area (Å²) in [4.78, 5) is 10.9. The summed E-state index contributed by atoms with van der Waals surface area (Å²) >= 11 is 1.82. The minimum Gasteiger partial charge on any atom is -0.481 e. The zero-order valence-electron chi connectivity index (χ0n) is 7.44. The van der Waals surface area contributed by atoms with Crippen LogP contribution in [-0.2, 0) is 9.53 Å². The summed E-state index contributed by atoms with van der Waals surface area (Å²) in [6.07, 6.45) is 3.00. The fourth-order valence-corrected chi connectivity index (χ4v) is 3.50. The normalized spacial score (nSPS) is 34.5. The first kappa shape index (κ1) is 9.34. The van der Waals surface area contributed by atoms with Gasteiger partial charge in [-0.05, 0) is 12.8 Å². The third-order valence-electron chi connectivity index (χ3n) is 2.74. The molecule has 0 bridgehead atoms. The van der Waals surface area contributed by atoms with Crippen LogP contribution in [0.3, 0.4) is 0 Å². The Balaban J connectivity index is 1.85. The summed E-state index contributed by atoms with van der Waals surface area (Å²) in [6.45, 7) is 1.63. The van der Waals surface area contributed by atoms with E-state index in [9.17, 15) is 4.79 Å². The van der Waals surface area contributed by atoms with Crippen LogP contribution in [0.25, 0.3) is 0 Å². The monoisotopic (exact) mass is 202 g/mol. The second-order valence-electron chi connectivity index (χ2n) is 3.71. The van der Waals surface area contributed by atoms with Gasteiger partial charge in [0.05, 0.1) is 24.4 Å². The molecule has 0 spiro atoms. The van der Waals surface area contributed by atoms with Gasteiger partial charge >= 0.3 is 5.97 Å². The van der Waals surface area contributed by atoms with Crippen molar-refractivity contribution < 1.29 is 14.6 Å². The first-order chi connectivity index (χ1) is 6.27. The highest BCUT2D eigenvalue weighted by Crippen LogP contribution is 2.38. The third-order valence-corrected chi connectivity index (χ3v) is 4.32. The number of aliphatic carboxylic acids is 1. The molecule has 2 unspecified atom stereocenters. The summed E-state index contributed by atoms with van der Waals surface area (Å²) in [5.74, 6) is -0.721. The van der Waals surface area contributed by atoms with Crippen molar-refractivity contribution in [1.82, 2.24) is 0 Å². The molecular formula is C9H14O3S. The van der Waals surface area contributed by atoms with Crippen molar-refractivity contribution in [3.63, 3.8) is 0 Å². The van der Waals surface area contributed by atoms with Gasteiger partial charge in [-0.1, -0.05) is 6.42 Å². The zero-order chi connectivity index (χ0) is 9.26. The average Bonchev–Trinajstić information content (AvgIpc) is 2.44. The van der Waals surface area contributed by atoms with Crippen molar-refractivity contribution in [2.75, 3.05) is 13.2 Å². The molecule has 2 rings (SSSR count). The van der Waals surface area contributed by atoms with E-state index in [1.165, 1.54) is 0 Å². The summed E-state index contributed by atoms with van der Waals surface area (Å²) < 4.78 is 5.07. The van der Waals surface area contributed by atoms with Crippen molar-refractivity contribution >= 4 is 17.7 Å². The van der Waals surface area contributed by atoms with Gasteiger partial charge in [0.2, 0.25) is 0 Å². The molecule has 1 N–H and O–H groups in total. The fourth-order valence-electron chi connectivity index (χ4n) is 1.91. The van der Waals surface area contributed by atoms with Gasteiger partial charge in [-0.2, -0.15) is 0 Å². The van der Waals surface area contributed by atoms with Crippen LogP contribution in [0.1, 0.15) is 19.3 Å². The number of rotatable bonds is 3. The molecule has 0 aromatic carbocycles. The van der Waals surface area contributed by atoms with E-state index in [1.54, 1.807) is 0 Å². The van der Waals surface area contributed by atoms with Crippen LogP contribution in [-0.4, -0.2) is 34.8 Å². The van der Waals surface area contributed by atoms with E-state index < -0.39 is 5.97 Å². The van der Waals surface area contributed by atoms with Crippen LogP contribution in [0.2, 0.25) is 0 Å². The van der Waals surface area contributed by atoms with E-state index in [-0.39, 0.29) is 5.92 Å². The first-order valence-corrected chi connectivity index (χ1v) is 5.67. The van der Waals surface area contributed by atoms with Gasteiger partial charge in [-0.15, -0.1) is 11.8 Å². The lowest BCUT2D eigenvalue weighted by Crippen LogP contribution is -2.34. The number of carboxylic acids is 1. The largest absolute Gasteiger partial charge is 0.481 e. The third kappa shape index (κ3) is 1.99. The topological polar surface area (TPSA) is 46.5 Å². The number of hydrogen-bond donors (Lipinski definition) is 1. The Morgan fingerprint density at radius 2 is 2.15 bits per heavy atom. The van der Waals surface area contributed by atoms with Crippen molar-refractivity contribution in [2.24, 2.45) is 5.92 Å². The Labute approximate surface area is 81.8 Å². The van der Waals surface area contributed by atoms with Crippen LogP contribution in [0.5, 0.6) is 0 Å². The molecule has 74 valence electrons. The molecule has 4 heteroatoms. The van der Waals surface area contributed by atoms with Crippen molar-refractivity contribution in [3.8, 4) is 0 Å². The Morgan fingerprint density at radius 1 is 1.38 bits per heavy atom. The molecule has 3 nitrogen and oxygen atoms in total. The Morgan fingerprint density at radius 3 is 2.69 bits per heavy atom. The molecule has 1 saturated heterocycles. The molecule has 13 heavy (non-hydrogen) atoms. The van der Waals surface area contributed by atoms with Crippen molar-refractivity contribution in [1.29, 1.82) is 0 Å². The Bertz CT molecular complexity index is 203. The quantitative estimate of drug-likeness (QED) is 0.751. The van der Waals surface area contributed by atoms with Crippen LogP contribution >= 0.6 is 11.8 Å². The number of hydrogen-bond acceptors (Lipinski definition) is 3. The zero-order valence-corrected chi connectivity index (χ0v) is 8.26. The van der Waals surface area contributed by atoms with Gasteiger partial charge in [0.1, 0.15) is 0 Å². The van der Waals surface area contributed by atoms with Gasteiger partial charge in [-0.3, -0.25) is 4.79 Å². The Kier molecular flexibility index (Phi) is 2.79. The van der Waals surface area contributed by atoms with Gasteiger partial charge in [0.25, 0.3) is 0 Å². The highest BCUT2D eigenvalue weighted by Gasteiger charge is 2.36. The molecule has 2 fully saturated rings. The maximum Gasteiger partial charge on any atom is 0.307 e. The number of thioether (sulfide) groups is 1. The van der Waals surface area contributed by atoms with Crippen LogP contribution in [0.4, 0.5) is 0 Å². The SMILES string of the molecule is O=C(O)C1CCCC1SC1COC1. The molecule has 2 atom stereocenters. The number of carboxylic acid groups (broad SMARTS) is 1. The maximum absolute atomic E-state index is 10.9. The van der Waals surface area contributed by atoms with Gasteiger partial charge < -0.3 is 9.84 Å². The van der Waals surface area contributed by atoms with E-state index in [1.807, 2.05) is 11.8 Å². The van der Waals surface area contributed by atoms with Crippen LogP contribution < -0.4 is 0 Å². The lowest BCUT2D eigenvalue weighted by molar-refractivity contribution is -0.141. The fraction of sp³-hybridized carbons (Fsp3) is 0.889. The van der Waals surface area contributed by atoms with Crippen molar-refractivity contribution in [2.45, 2.75) is 29.8 Å². The second kappa shape index (κ2) is 3.88. The predicted octanol–water partition coefficient (Wildman–Crippen LogP) is 1.37. The Hall–Kier alpha value is -0.220. The number of carbonyl (C=O) groups is 1. The maximum atomic E-state index is 10.9. The van der Waals surface area contributed by atoms with E-state index in [0.717, 1.165) is 32.5 Å². The first-order valence-electron chi connectivity index (χ1n) is 4.73. The van der Waals surface area contributed by atoms with Gasteiger partial charge in [0.15, 0.2) is 0 Å². The minimum atomic E-state index is -0.616. The molecule has 1 aliphatic carbocycles. The minimum absolute atomic E-state index is 0.106. The van der Waals surface area contributed by atoms with Gasteiger partial charge in [-0.25, -0.2) is 0 Å². The van der Waals surface area contributed by atoms with Crippen LogP contribution in [0.15, 0.2) is 0 Å². The molecular weight excluding hydrogens is 188 g/mol. The molecule has 0 amide bonds. The number of ether oxygens (including phenoxy) is 1. The summed E-state index contributed by atoms with van der Waals surface area (Å²) in [5, 5.41) is 9.84. The molecule has 0 aromatic heterocycles. The lowest BCUT2D eigenvalue weighted by atomic mass is 10.1. The summed E-state index contributed by atoms with van der Waals surface area (Å²) in [7, 11) is 0.